The van der Waals surface area contributed by atoms with Gasteiger partial charge in [-0.15, -0.1) is 0 Å². The van der Waals surface area contributed by atoms with Gasteiger partial charge in [-0.1, -0.05) is 70.6 Å². The third-order valence-corrected chi connectivity index (χ3v) is 13.3. The minimum absolute atomic E-state index is 0. The number of aromatic nitrogens is 4. The summed E-state index contributed by atoms with van der Waals surface area (Å²) < 4.78 is 221. The Kier molecular flexibility index (Phi) is 13.6. The zero-order chi connectivity index (χ0) is 48.6. The van der Waals surface area contributed by atoms with Gasteiger partial charge < -0.3 is 28.2 Å². The molecule has 7 aromatic rings. The zero-order valence-corrected chi connectivity index (χ0v) is 37.9. The van der Waals surface area contributed by atoms with E-state index in [-0.39, 0.29) is 58.9 Å². The van der Waals surface area contributed by atoms with Gasteiger partial charge in [-0.05, 0) is 93.0 Å². The predicted octanol–water partition coefficient (Wildman–Crippen LogP) is 10.6. The molecule has 0 spiro atoms. The quantitative estimate of drug-likeness (QED) is 0.0638. The monoisotopic (exact) mass is 1070 g/mol. The molecule has 0 aliphatic carbocycles. The van der Waals surface area contributed by atoms with E-state index in [1.807, 2.05) is 0 Å². The summed E-state index contributed by atoms with van der Waals surface area (Å²) in [5, 5.41) is 0. The summed E-state index contributed by atoms with van der Waals surface area (Å²) in [6.45, 7) is 0. The molecule has 0 amide bonds. The molecule has 3 aromatic heterocycles. The first-order valence-electron chi connectivity index (χ1n) is 18.8. The molecular weight excluding hydrogens is 1050 g/mol. The normalized spacial score (nSPS) is 14.4. The molecule has 9 rings (SSSR count). The van der Waals surface area contributed by atoms with E-state index in [1.165, 1.54) is 0 Å². The van der Waals surface area contributed by atoms with Crippen LogP contribution in [0.25, 0.3) is 89.9 Å². The Labute approximate surface area is 401 Å². The fourth-order valence-corrected chi connectivity index (χ4v) is 8.97. The number of hydrogen-bond donors (Lipinski definition) is 4. The smallest absolute Gasteiger partial charge is 0.652 e. The molecule has 0 radical (unpaired) electrons. The van der Waals surface area contributed by atoms with Crippen LogP contribution in [0.1, 0.15) is 22.8 Å². The Morgan fingerprint density at radius 1 is 0.333 bits per heavy atom. The third kappa shape index (κ3) is 8.47. The number of benzene rings is 4. The Balaban J connectivity index is 0.00000642. The Hall–Kier alpha value is -6.12. The molecule has 350 valence electrons. The van der Waals surface area contributed by atoms with Crippen molar-refractivity contribution in [2.45, 2.75) is 19.6 Å². The van der Waals surface area contributed by atoms with Crippen LogP contribution in [0.15, 0.2) is 117 Å². The van der Waals surface area contributed by atoms with E-state index in [0.717, 1.165) is 97.1 Å². The van der Waals surface area contributed by atoms with Crippen LogP contribution >= 0.6 is 0 Å². The fraction of sp³-hybridized carbons (Fsp3) is 0. The predicted molar refractivity (Wildman–Crippen MR) is 235 cm³/mol. The van der Waals surface area contributed by atoms with Gasteiger partial charge in [0.25, 0.3) is 0 Å². The molecule has 69 heavy (non-hydrogen) atoms. The van der Waals surface area contributed by atoms with Crippen molar-refractivity contribution >= 4 is 89.7 Å². The summed E-state index contributed by atoms with van der Waals surface area (Å²) in [5.74, 6) is -15.5. The van der Waals surface area contributed by atoms with E-state index in [0.29, 0.717) is 0 Å². The van der Waals surface area contributed by atoms with Gasteiger partial charge >= 0.3 is 17.1 Å². The number of halogens is 8. The van der Waals surface area contributed by atoms with Gasteiger partial charge in [0.1, 0.15) is 46.0 Å². The molecule has 0 fully saturated rings. The second-order valence-corrected chi connectivity index (χ2v) is 18.2. The average molecular weight is 1070 g/mol. The van der Waals surface area contributed by atoms with E-state index in [9.17, 15) is 35.0 Å². The summed E-state index contributed by atoms with van der Waals surface area (Å²) in [5.41, 5.74) is -14.5. The summed E-state index contributed by atoms with van der Waals surface area (Å²) in [6.07, 6.45) is 0. The van der Waals surface area contributed by atoms with Gasteiger partial charge in [0.15, 0.2) is 67.6 Å². The molecule has 0 saturated carbocycles. The first kappa shape index (κ1) is 49.3. The summed E-state index contributed by atoms with van der Waals surface area (Å²) in [4.78, 5) is 15.2. The molecule has 4 atom stereocenters. The zero-order valence-electron chi connectivity index (χ0n) is 33.5. The van der Waals surface area contributed by atoms with E-state index in [4.69, 9.17) is 0 Å². The molecule has 4 N–H and O–H groups in total. The van der Waals surface area contributed by atoms with Crippen molar-refractivity contribution in [3.8, 4) is 44.5 Å². The van der Waals surface area contributed by atoms with E-state index < -0.39 is 158 Å². The van der Waals surface area contributed by atoms with E-state index in [2.05, 4.69) is 19.9 Å². The minimum Gasteiger partial charge on any atom is -0.652 e. The van der Waals surface area contributed by atoms with Crippen molar-refractivity contribution in [1.29, 1.82) is 0 Å². The number of fused-ring (bicyclic) bond motifs is 8. The molecule has 2 aliphatic rings. The molecule has 4 aromatic carbocycles. The maximum Gasteiger partial charge on any atom is 3.00 e. The second-order valence-electron chi connectivity index (χ2n) is 14.3. The minimum atomic E-state index is -2.63. The van der Waals surface area contributed by atoms with Gasteiger partial charge in [0.05, 0.1) is 19.6 Å². The van der Waals surface area contributed by atoms with Crippen LogP contribution in [-0.4, -0.2) is 45.0 Å². The summed E-state index contributed by atoms with van der Waals surface area (Å²) in [6, 6.07) is 15.9. The van der Waals surface area contributed by atoms with Crippen LogP contribution in [0, 0.1) is 23.3 Å². The Bertz CT molecular complexity index is 3200. The second kappa shape index (κ2) is 19.0. The van der Waals surface area contributed by atoms with Crippen molar-refractivity contribution in [3.05, 3.63) is 143 Å². The molecule has 4 unspecified atom stereocenters. The van der Waals surface area contributed by atoms with Crippen molar-refractivity contribution < 1.29 is 87.2 Å². The molecular formula is C44H20F8MnN4O8S4+. The molecule has 5 heterocycles. The van der Waals surface area contributed by atoms with Gasteiger partial charge in [-0.25, -0.2) is 61.9 Å². The van der Waals surface area contributed by atoms with Crippen molar-refractivity contribution in [2.75, 3.05) is 0 Å². The van der Waals surface area contributed by atoms with E-state index >= 15 is 35.1 Å². The van der Waals surface area contributed by atoms with Crippen LogP contribution in [0.5, 0.6) is 0 Å². The Morgan fingerprint density at radius 3 is 0.667 bits per heavy atom. The van der Waals surface area contributed by atoms with Crippen LogP contribution in [0.2, 0.25) is 0 Å². The Morgan fingerprint density at radius 2 is 0.507 bits per heavy atom. The molecule has 0 saturated heterocycles. The van der Waals surface area contributed by atoms with Crippen molar-refractivity contribution in [2.24, 2.45) is 0 Å². The van der Waals surface area contributed by atoms with E-state index in [1.54, 1.807) is 0 Å². The maximum atomic E-state index is 16.8. The van der Waals surface area contributed by atoms with Gasteiger partial charge in [-0.2, -0.15) is 0 Å². The van der Waals surface area contributed by atoms with Gasteiger partial charge in [0, 0.05) is 0 Å². The van der Waals surface area contributed by atoms with Crippen LogP contribution < -0.4 is 9.97 Å². The molecule has 25 heteroatoms. The summed E-state index contributed by atoms with van der Waals surface area (Å²) in [7, 11) is 0. The number of nitrogens with zero attached hydrogens (tertiary/aromatic N) is 4. The van der Waals surface area contributed by atoms with Gasteiger partial charge in [-0.3, -0.25) is 0 Å². The molecule has 12 nitrogen and oxygen atoms in total. The van der Waals surface area contributed by atoms with Crippen molar-refractivity contribution in [3.63, 3.8) is 0 Å². The SMILES string of the molecule is O=S(O)c1ccc(-c2c3nc(c(-c4ccc(S(=O)O)cc4)c4[n-]c(c(F)c4F)c(-c4ccc(S(=O)O)cc4)c4nc(c(-c5ccc(S(=O)O)cc5)c5[n-]c2c(F)c5F)C(F)=C4F)C(F)=C3F)cc1.[Mn+3]. The maximum absolute atomic E-state index is 16.8. The van der Waals surface area contributed by atoms with Gasteiger partial charge in [0.2, 0.25) is 0 Å². The first-order valence-corrected chi connectivity index (χ1v) is 23.2. The molecule has 2 aliphatic heterocycles. The number of rotatable bonds is 8. The molecule has 8 bridgehead atoms. The topological polar surface area (TPSA) is 203 Å². The van der Waals surface area contributed by atoms with Crippen LogP contribution in [0.3, 0.4) is 0 Å². The largest absolute Gasteiger partial charge is 3.00 e. The fourth-order valence-electron chi connectivity index (χ4n) is 7.49. The number of hydrogen-bond acceptors (Lipinski definition) is 6. The van der Waals surface area contributed by atoms with Crippen LogP contribution in [-0.2, 0) is 61.4 Å². The third-order valence-electron chi connectivity index (χ3n) is 10.6. The summed E-state index contributed by atoms with van der Waals surface area (Å²) >= 11 is -10.5. The first-order chi connectivity index (χ1) is 32.4. The van der Waals surface area contributed by atoms with Crippen molar-refractivity contribution in [1.82, 2.24) is 19.9 Å². The standard InChI is InChI=1S/C44H20F8N4O8S4.Mn/c45-29-31(47)39-26(18-3-11-22(12-4-18)66(59)60)41-33(49)35(51)43(55-41)28(20-7-15-24(16-8-20)68(63)64)44-36(52)34(50)42(56-44)27(19-5-13-23(14-6-19)67(61)62)40-32(48)30(46)38(54-40)25(37(29)53-39)17-1-9-21(10-2-17)65(57)58;/h1-16H,(H,57,58)(H,59,60)(H,61,62)(H,63,64);/q-2;+3. The van der Waals surface area contributed by atoms with Crippen LogP contribution in [0.4, 0.5) is 35.1 Å². The average Bonchev–Trinajstić information content (AvgIpc) is 3.98.